The molecule has 1 fully saturated rings. The van der Waals surface area contributed by atoms with Crippen molar-refractivity contribution in [3.05, 3.63) is 12.2 Å². The Morgan fingerprint density at radius 2 is 2.33 bits per heavy atom. The second-order valence-corrected chi connectivity index (χ2v) is 3.74. The third-order valence-electron chi connectivity index (χ3n) is 2.79. The third-order valence-corrected chi connectivity index (χ3v) is 2.92. The summed E-state index contributed by atoms with van der Waals surface area (Å²) in [5.74, 6) is 1.33. The minimum Gasteiger partial charge on any atom is -0.455 e. The van der Waals surface area contributed by atoms with Crippen molar-refractivity contribution in [3.63, 3.8) is 0 Å². The van der Waals surface area contributed by atoms with Gasteiger partial charge in [0.25, 0.3) is 0 Å². The lowest BCUT2D eigenvalue weighted by atomic mass is 9.94. The predicted molar refractivity (Wildman–Crippen MR) is 48.8 cm³/mol. The Hall–Kier alpha value is -0.440. The van der Waals surface area contributed by atoms with Gasteiger partial charge in [0.1, 0.15) is 5.94 Å². The number of allylic oxidation sites excluding steroid dienone is 2. The van der Waals surface area contributed by atoms with Crippen LogP contribution in [-0.4, -0.2) is 11.9 Å². The largest absolute Gasteiger partial charge is 0.455 e. The molecule has 12 heavy (non-hydrogen) atoms. The maximum absolute atomic E-state index is 11.3. The molecule has 3 atom stereocenters. The monoisotopic (exact) mass is 184 g/mol. The summed E-state index contributed by atoms with van der Waals surface area (Å²) in [6.07, 6.45) is 6.49. The first-order valence-corrected chi connectivity index (χ1v) is 4.90. The number of ether oxygens (including phenoxy) is 1. The number of hydrogen-bond acceptors (Lipinski definition) is 3. The van der Waals surface area contributed by atoms with E-state index in [1.54, 1.807) is 0 Å². The zero-order valence-corrected chi connectivity index (χ0v) is 7.67. The van der Waals surface area contributed by atoms with Crippen LogP contribution in [0.2, 0.25) is 0 Å². The van der Waals surface area contributed by atoms with Gasteiger partial charge in [0.05, 0.1) is 5.92 Å². The fraction of sp³-hybridized carbons (Fsp3) is 0.667. The topological polar surface area (TPSA) is 26.3 Å². The Labute approximate surface area is 77.4 Å². The minimum atomic E-state index is -0.0677. The zero-order chi connectivity index (χ0) is 8.55. The van der Waals surface area contributed by atoms with Crippen LogP contribution in [0, 0.1) is 17.8 Å². The Morgan fingerprint density at radius 3 is 2.83 bits per heavy atom. The molecule has 2 nitrogen and oxygen atoms in total. The summed E-state index contributed by atoms with van der Waals surface area (Å²) in [4.78, 5) is 11.3. The van der Waals surface area contributed by atoms with Crippen LogP contribution in [0.25, 0.3) is 0 Å². The molecule has 0 N–H and O–H groups in total. The molecule has 0 saturated heterocycles. The molecule has 2 aliphatic rings. The van der Waals surface area contributed by atoms with E-state index in [0.717, 1.165) is 12.8 Å². The van der Waals surface area contributed by atoms with Gasteiger partial charge in [-0.05, 0) is 24.7 Å². The van der Waals surface area contributed by atoms with Gasteiger partial charge in [-0.2, -0.15) is 0 Å². The van der Waals surface area contributed by atoms with E-state index in [9.17, 15) is 4.79 Å². The fourth-order valence-corrected chi connectivity index (χ4v) is 2.35. The molecule has 0 aromatic rings. The summed E-state index contributed by atoms with van der Waals surface area (Å²) >= 11 is 3.86. The molecule has 0 amide bonds. The molecular formula is C9H12O2S. The van der Waals surface area contributed by atoms with Crippen molar-refractivity contribution in [1.82, 2.24) is 0 Å². The lowest BCUT2D eigenvalue weighted by Gasteiger charge is -2.15. The maximum Gasteiger partial charge on any atom is 0.310 e. The average molecular weight is 184 g/mol. The highest BCUT2D eigenvalue weighted by atomic mass is 32.1. The fourth-order valence-electron chi connectivity index (χ4n) is 2.22. The number of carbonyl (C=O) groups excluding carboxylic acids is 1. The smallest absolute Gasteiger partial charge is 0.310 e. The molecule has 0 aromatic carbocycles. The van der Waals surface area contributed by atoms with Gasteiger partial charge >= 0.3 is 5.97 Å². The van der Waals surface area contributed by atoms with Crippen molar-refractivity contribution in [2.75, 3.05) is 5.94 Å². The molecule has 66 valence electrons. The molecule has 2 bridgehead atoms. The molecule has 0 heterocycles. The highest BCUT2D eigenvalue weighted by Gasteiger charge is 2.40. The summed E-state index contributed by atoms with van der Waals surface area (Å²) in [6, 6.07) is 0. The third kappa shape index (κ3) is 1.26. The molecule has 2 aliphatic carbocycles. The number of carbonyl (C=O) groups is 1. The molecule has 2 rings (SSSR count). The van der Waals surface area contributed by atoms with Gasteiger partial charge in [0.2, 0.25) is 0 Å². The van der Waals surface area contributed by atoms with E-state index in [1.165, 1.54) is 0 Å². The normalized spacial score (nSPS) is 37.2. The number of thiol groups is 1. The second kappa shape index (κ2) is 3.13. The van der Waals surface area contributed by atoms with Gasteiger partial charge in [-0.3, -0.25) is 4.79 Å². The van der Waals surface area contributed by atoms with E-state index >= 15 is 0 Å². The van der Waals surface area contributed by atoms with Crippen LogP contribution in [0.5, 0.6) is 0 Å². The van der Waals surface area contributed by atoms with E-state index < -0.39 is 0 Å². The standard InChI is InChI=1S/C9H12O2S/c10-9(11-5-12)8-4-6-1-2-7(8)3-6/h1-2,6-8,12H,3-5H2. The molecule has 1 saturated carbocycles. The summed E-state index contributed by atoms with van der Waals surface area (Å²) in [5, 5.41) is 0. The number of rotatable bonds is 2. The summed E-state index contributed by atoms with van der Waals surface area (Å²) in [6.45, 7) is 0. The van der Waals surface area contributed by atoms with Gasteiger partial charge in [0.15, 0.2) is 0 Å². The predicted octanol–water partition coefficient (Wildman–Crippen LogP) is 1.63. The molecular weight excluding hydrogens is 172 g/mol. The first-order valence-electron chi connectivity index (χ1n) is 4.27. The van der Waals surface area contributed by atoms with Crippen LogP contribution in [0.4, 0.5) is 0 Å². The first kappa shape index (κ1) is 8.17. The lowest BCUT2D eigenvalue weighted by Crippen LogP contribution is -2.21. The zero-order valence-electron chi connectivity index (χ0n) is 6.77. The van der Waals surface area contributed by atoms with Crippen molar-refractivity contribution < 1.29 is 9.53 Å². The van der Waals surface area contributed by atoms with Gasteiger partial charge in [-0.25, -0.2) is 0 Å². The molecule has 3 unspecified atom stereocenters. The lowest BCUT2D eigenvalue weighted by molar-refractivity contribution is -0.147. The van der Waals surface area contributed by atoms with Gasteiger partial charge < -0.3 is 4.74 Å². The van der Waals surface area contributed by atoms with Crippen LogP contribution in [-0.2, 0) is 9.53 Å². The average Bonchev–Trinajstić information content (AvgIpc) is 2.64. The summed E-state index contributed by atoms with van der Waals surface area (Å²) < 4.78 is 4.87. The quantitative estimate of drug-likeness (QED) is 0.305. The summed E-state index contributed by atoms with van der Waals surface area (Å²) in [5.41, 5.74) is 0. The number of esters is 1. The van der Waals surface area contributed by atoms with Crippen molar-refractivity contribution >= 4 is 18.6 Å². The van der Waals surface area contributed by atoms with Gasteiger partial charge in [-0.1, -0.05) is 12.2 Å². The number of fused-ring (bicyclic) bond motifs is 2. The molecule has 0 aliphatic heterocycles. The van der Waals surface area contributed by atoms with Crippen molar-refractivity contribution in [3.8, 4) is 0 Å². The van der Waals surface area contributed by atoms with Gasteiger partial charge in [-0.15, -0.1) is 12.6 Å². The van der Waals surface area contributed by atoms with Crippen LogP contribution < -0.4 is 0 Å². The highest BCUT2D eigenvalue weighted by Crippen LogP contribution is 2.43. The molecule has 3 heteroatoms. The maximum atomic E-state index is 11.3. The van der Waals surface area contributed by atoms with E-state index in [2.05, 4.69) is 24.8 Å². The van der Waals surface area contributed by atoms with E-state index in [-0.39, 0.29) is 17.8 Å². The van der Waals surface area contributed by atoms with Crippen LogP contribution in [0.15, 0.2) is 12.2 Å². The Bertz CT molecular complexity index is 225. The highest BCUT2D eigenvalue weighted by molar-refractivity contribution is 7.80. The van der Waals surface area contributed by atoms with E-state index in [1.807, 2.05) is 0 Å². The second-order valence-electron chi connectivity index (χ2n) is 3.48. The Morgan fingerprint density at radius 1 is 1.50 bits per heavy atom. The van der Waals surface area contributed by atoms with Crippen LogP contribution >= 0.6 is 12.6 Å². The SMILES string of the molecule is O=C(OCS)C1CC2C=CC1C2. The van der Waals surface area contributed by atoms with Crippen LogP contribution in [0.1, 0.15) is 12.8 Å². The Kier molecular flexibility index (Phi) is 2.13. The van der Waals surface area contributed by atoms with E-state index in [0.29, 0.717) is 11.8 Å². The van der Waals surface area contributed by atoms with Crippen molar-refractivity contribution in [2.45, 2.75) is 12.8 Å². The first-order chi connectivity index (χ1) is 5.81. The van der Waals surface area contributed by atoms with E-state index in [4.69, 9.17) is 4.74 Å². The summed E-state index contributed by atoms with van der Waals surface area (Å²) in [7, 11) is 0. The number of hydrogen-bond donors (Lipinski definition) is 1. The molecule has 0 radical (unpaired) electrons. The van der Waals surface area contributed by atoms with Gasteiger partial charge in [0, 0.05) is 0 Å². The molecule has 0 spiro atoms. The Balaban J connectivity index is 1.98. The minimum absolute atomic E-state index is 0.0677. The van der Waals surface area contributed by atoms with Crippen LogP contribution in [0.3, 0.4) is 0 Å². The molecule has 0 aromatic heterocycles. The van der Waals surface area contributed by atoms with Crippen molar-refractivity contribution in [2.24, 2.45) is 17.8 Å². The van der Waals surface area contributed by atoms with Crippen molar-refractivity contribution in [1.29, 1.82) is 0 Å².